The molecule has 6 nitrogen and oxygen atoms in total. The molecule has 0 spiro atoms. The van der Waals surface area contributed by atoms with Crippen molar-refractivity contribution < 1.29 is 0 Å². The molecule has 1 aliphatic heterocycles. The lowest BCUT2D eigenvalue weighted by molar-refractivity contribution is 0.526. The molecule has 0 atom stereocenters. The van der Waals surface area contributed by atoms with E-state index in [-0.39, 0.29) is 0 Å². The zero-order chi connectivity index (χ0) is 16.4. The summed E-state index contributed by atoms with van der Waals surface area (Å²) in [5.74, 6) is 0. The van der Waals surface area contributed by atoms with Crippen LogP contribution in [0.5, 0.6) is 0 Å². The molecule has 3 heterocycles. The van der Waals surface area contributed by atoms with Gasteiger partial charge < -0.3 is 10.2 Å². The van der Waals surface area contributed by atoms with E-state index in [1.54, 1.807) is 10.8 Å². The third-order valence-electron chi connectivity index (χ3n) is 4.66. The predicted molar refractivity (Wildman–Crippen MR) is 95.5 cm³/mol. The molecule has 1 N–H and O–H groups in total. The highest BCUT2D eigenvalue weighted by atomic mass is 15.3. The lowest BCUT2D eigenvalue weighted by atomic mass is 10.0. The number of nitrogens with one attached hydrogen (secondary N) is 1. The highest BCUT2D eigenvalue weighted by Crippen LogP contribution is 2.23. The first-order valence-corrected chi connectivity index (χ1v) is 8.60. The van der Waals surface area contributed by atoms with E-state index in [1.807, 2.05) is 0 Å². The van der Waals surface area contributed by atoms with E-state index >= 15 is 0 Å². The number of rotatable bonds is 4. The van der Waals surface area contributed by atoms with Crippen LogP contribution in [0.3, 0.4) is 0 Å². The molecule has 0 aliphatic carbocycles. The van der Waals surface area contributed by atoms with Crippen LogP contribution in [-0.4, -0.2) is 38.9 Å². The van der Waals surface area contributed by atoms with Crippen LogP contribution in [0.2, 0.25) is 0 Å². The highest BCUT2D eigenvalue weighted by molar-refractivity contribution is 5.67. The van der Waals surface area contributed by atoms with Crippen LogP contribution in [0.4, 0.5) is 11.4 Å². The van der Waals surface area contributed by atoms with Crippen molar-refractivity contribution in [1.29, 1.82) is 0 Å². The van der Waals surface area contributed by atoms with Crippen molar-refractivity contribution >= 4 is 17.0 Å². The van der Waals surface area contributed by atoms with E-state index < -0.39 is 0 Å². The smallest absolute Gasteiger partial charge is 0.200 e. The third-order valence-corrected chi connectivity index (χ3v) is 4.66. The summed E-state index contributed by atoms with van der Waals surface area (Å²) in [4.78, 5) is 2.45. The van der Waals surface area contributed by atoms with Crippen LogP contribution in [0, 0.1) is 0 Å². The van der Waals surface area contributed by atoms with Crippen molar-refractivity contribution in [3.8, 4) is 0 Å². The first-order chi connectivity index (χ1) is 11.8. The number of aromatic nitrogens is 4. The number of fused-ring (bicyclic) bond motifs is 1. The Morgan fingerprint density at radius 1 is 1.17 bits per heavy atom. The lowest BCUT2D eigenvalue weighted by Gasteiger charge is -2.34. The van der Waals surface area contributed by atoms with Crippen LogP contribution >= 0.6 is 0 Å². The minimum atomic E-state index is 0.456. The molecule has 1 saturated heterocycles. The molecule has 0 radical (unpaired) electrons. The Balaban J connectivity index is 1.47. The largest absolute Gasteiger partial charge is 0.379 e. The zero-order valence-electron chi connectivity index (χ0n) is 13.9. The Kier molecular flexibility index (Phi) is 4.02. The number of benzene rings is 1. The van der Waals surface area contributed by atoms with Crippen molar-refractivity contribution in [2.24, 2.45) is 0 Å². The van der Waals surface area contributed by atoms with E-state index in [4.69, 9.17) is 0 Å². The molecule has 0 saturated carbocycles. The second-order valence-electron chi connectivity index (χ2n) is 6.24. The third kappa shape index (κ3) is 2.91. The topological polar surface area (TPSA) is 58.3 Å². The van der Waals surface area contributed by atoms with Gasteiger partial charge in [0.15, 0.2) is 0 Å². The monoisotopic (exact) mass is 322 g/mol. The van der Waals surface area contributed by atoms with Gasteiger partial charge in [-0.25, -0.2) is 0 Å². The Bertz CT molecular complexity index is 805. The van der Waals surface area contributed by atoms with Gasteiger partial charge in [-0.3, -0.25) is 0 Å². The van der Waals surface area contributed by atoms with E-state index in [0.29, 0.717) is 6.04 Å². The van der Waals surface area contributed by atoms with E-state index in [2.05, 4.69) is 68.8 Å². The number of piperidine rings is 1. The lowest BCUT2D eigenvalue weighted by Crippen LogP contribution is -2.39. The predicted octanol–water partition coefficient (Wildman–Crippen LogP) is 2.77. The Hall–Kier alpha value is -2.63. The van der Waals surface area contributed by atoms with E-state index in [9.17, 15) is 0 Å². The molecule has 6 heteroatoms. The molecule has 0 amide bonds. The molecule has 0 bridgehead atoms. The Morgan fingerprint density at radius 3 is 2.71 bits per heavy atom. The summed E-state index contributed by atoms with van der Waals surface area (Å²) >= 11 is 0. The minimum absolute atomic E-state index is 0.456. The van der Waals surface area contributed by atoms with Crippen molar-refractivity contribution in [1.82, 2.24) is 19.8 Å². The second-order valence-corrected chi connectivity index (χ2v) is 6.24. The van der Waals surface area contributed by atoms with Crippen molar-refractivity contribution in [2.45, 2.75) is 32.2 Å². The van der Waals surface area contributed by atoms with Gasteiger partial charge in [0.2, 0.25) is 5.65 Å². The van der Waals surface area contributed by atoms with Gasteiger partial charge in [0.1, 0.15) is 6.33 Å². The standard InChI is InChI=1S/C18H22N6/c1-2-14-12-17(18-21-19-13-24(18)22-14)20-15-8-10-23(11-9-15)16-6-4-3-5-7-16/h3-7,12-13,15,20H,2,8-11H2,1H3. The molecule has 1 fully saturated rings. The molecular formula is C18H22N6. The number of hydrogen-bond donors (Lipinski definition) is 1. The van der Waals surface area contributed by atoms with Gasteiger partial charge in [0.25, 0.3) is 0 Å². The van der Waals surface area contributed by atoms with Crippen LogP contribution < -0.4 is 10.2 Å². The normalized spacial score (nSPS) is 15.8. The summed E-state index contributed by atoms with van der Waals surface area (Å²) in [5.41, 5.74) is 4.20. The fourth-order valence-corrected chi connectivity index (χ4v) is 3.30. The van der Waals surface area contributed by atoms with Crippen molar-refractivity contribution in [2.75, 3.05) is 23.3 Å². The fraction of sp³-hybridized carbons (Fsp3) is 0.389. The van der Waals surface area contributed by atoms with Gasteiger partial charge in [0, 0.05) is 24.8 Å². The summed E-state index contributed by atoms with van der Waals surface area (Å²) in [7, 11) is 0. The first kappa shape index (κ1) is 14.9. The summed E-state index contributed by atoms with van der Waals surface area (Å²) < 4.78 is 1.76. The molecule has 1 aromatic carbocycles. The highest BCUT2D eigenvalue weighted by Gasteiger charge is 2.20. The van der Waals surface area contributed by atoms with Crippen LogP contribution in [0.1, 0.15) is 25.5 Å². The number of para-hydroxylation sites is 1. The van der Waals surface area contributed by atoms with Gasteiger partial charge in [-0.15, -0.1) is 10.2 Å². The van der Waals surface area contributed by atoms with Crippen LogP contribution in [-0.2, 0) is 6.42 Å². The van der Waals surface area contributed by atoms with Crippen molar-refractivity contribution in [3.05, 3.63) is 48.4 Å². The first-order valence-electron chi connectivity index (χ1n) is 8.60. The van der Waals surface area contributed by atoms with Gasteiger partial charge in [-0.1, -0.05) is 25.1 Å². The SMILES string of the molecule is CCc1cc(NC2CCN(c3ccccc3)CC2)c2nncn2n1. The van der Waals surface area contributed by atoms with Crippen LogP contribution in [0.25, 0.3) is 5.65 Å². The average molecular weight is 322 g/mol. The quantitative estimate of drug-likeness (QED) is 0.800. The second kappa shape index (κ2) is 6.47. The van der Waals surface area contributed by atoms with E-state index in [1.165, 1.54) is 5.69 Å². The maximum absolute atomic E-state index is 4.50. The Labute approximate surface area is 141 Å². The summed E-state index contributed by atoms with van der Waals surface area (Å²) in [5, 5.41) is 16.4. The molecular weight excluding hydrogens is 300 g/mol. The molecule has 3 aromatic rings. The number of aryl methyl sites for hydroxylation is 1. The van der Waals surface area contributed by atoms with Crippen LogP contribution in [0.15, 0.2) is 42.7 Å². The summed E-state index contributed by atoms with van der Waals surface area (Å²) in [6.07, 6.45) is 4.78. The Morgan fingerprint density at radius 2 is 1.96 bits per heavy atom. The molecule has 2 aromatic heterocycles. The molecule has 24 heavy (non-hydrogen) atoms. The van der Waals surface area contributed by atoms with Gasteiger partial charge in [-0.2, -0.15) is 9.61 Å². The molecule has 124 valence electrons. The molecule has 4 rings (SSSR count). The van der Waals surface area contributed by atoms with Gasteiger partial charge >= 0.3 is 0 Å². The number of hydrogen-bond acceptors (Lipinski definition) is 5. The number of nitrogens with zero attached hydrogens (tertiary/aromatic N) is 5. The molecule has 1 aliphatic rings. The number of anilines is 2. The summed E-state index contributed by atoms with van der Waals surface area (Å²) in [6.45, 7) is 4.24. The van der Waals surface area contributed by atoms with Gasteiger partial charge in [0.05, 0.1) is 11.4 Å². The fourth-order valence-electron chi connectivity index (χ4n) is 3.30. The van der Waals surface area contributed by atoms with E-state index in [0.717, 1.165) is 49.4 Å². The van der Waals surface area contributed by atoms with Gasteiger partial charge in [-0.05, 0) is 37.5 Å². The zero-order valence-corrected chi connectivity index (χ0v) is 13.9. The summed E-state index contributed by atoms with van der Waals surface area (Å²) in [6, 6.07) is 13.2. The molecule has 0 unspecified atom stereocenters. The minimum Gasteiger partial charge on any atom is -0.379 e. The average Bonchev–Trinajstić information content (AvgIpc) is 3.12. The van der Waals surface area contributed by atoms with Crippen molar-refractivity contribution in [3.63, 3.8) is 0 Å². The maximum atomic E-state index is 4.50. The maximum Gasteiger partial charge on any atom is 0.200 e.